The second-order valence-electron chi connectivity index (χ2n) is 5.71. The van der Waals surface area contributed by atoms with E-state index in [1.54, 1.807) is 42.3 Å². The predicted octanol–water partition coefficient (Wildman–Crippen LogP) is 3.92. The zero-order valence-corrected chi connectivity index (χ0v) is 14.4. The van der Waals surface area contributed by atoms with Crippen LogP contribution < -0.4 is 9.47 Å². The summed E-state index contributed by atoms with van der Waals surface area (Å²) >= 11 is 6.12. The average molecular weight is 362 g/mol. The Morgan fingerprint density at radius 2 is 2.04 bits per heavy atom. The van der Waals surface area contributed by atoms with Gasteiger partial charge >= 0.3 is 0 Å². The number of fused-ring (bicyclic) bond motifs is 1. The van der Waals surface area contributed by atoms with E-state index in [-0.39, 0.29) is 18.5 Å². The predicted molar refractivity (Wildman–Crippen MR) is 94.4 cm³/mol. The van der Waals surface area contributed by atoms with Gasteiger partial charge in [-0.2, -0.15) is 0 Å². The van der Waals surface area contributed by atoms with Crippen LogP contribution in [0.1, 0.15) is 11.1 Å². The molecule has 0 bridgehead atoms. The molecule has 0 atom stereocenters. The van der Waals surface area contributed by atoms with E-state index in [1.807, 2.05) is 0 Å². The van der Waals surface area contributed by atoms with Crippen molar-refractivity contribution >= 4 is 23.6 Å². The minimum Gasteiger partial charge on any atom is -0.454 e. The Morgan fingerprint density at radius 1 is 1.28 bits per heavy atom. The number of hydrogen-bond acceptors (Lipinski definition) is 3. The molecule has 4 nitrogen and oxygen atoms in total. The Balaban J connectivity index is 1.58. The fourth-order valence-corrected chi connectivity index (χ4v) is 2.71. The Morgan fingerprint density at radius 3 is 2.80 bits per heavy atom. The highest BCUT2D eigenvalue weighted by Gasteiger charge is 2.17. The van der Waals surface area contributed by atoms with Crippen LogP contribution in [0.4, 0.5) is 4.39 Å². The molecule has 0 aromatic heterocycles. The first-order valence-electron chi connectivity index (χ1n) is 7.80. The minimum absolute atomic E-state index is 0.129. The van der Waals surface area contributed by atoms with Gasteiger partial charge in [-0.3, -0.25) is 4.79 Å². The van der Waals surface area contributed by atoms with Crippen molar-refractivity contribution in [3.05, 3.63) is 64.4 Å². The molecule has 0 saturated carbocycles. The molecule has 2 aromatic carbocycles. The van der Waals surface area contributed by atoms with E-state index in [2.05, 4.69) is 0 Å². The second kappa shape index (κ2) is 7.57. The maximum atomic E-state index is 12.9. The van der Waals surface area contributed by atoms with E-state index in [1.165, 1.54) is 18.2 Å². The van der Waals surface area contributed by atoms with Gasteiger partial charge in [0, 0.05) is 19.7 Å². The number of rotatable bonds is 5. The highest BCUT2D eigenvalue weighted by Crippen LogP contribution is 2.40. The molecule has 0 N–H and O–H groups in total. The van der Waals surface area contributed by atoms with Crippen molar-refractivity contribution in [2.24, 2.45) is 0 Å². The normalized spacial score (nSPS) is 12.6. The van der Waals surface area contributed by atoms with Gasteiger partial charge in [0.1, 0.15) is 5.82 Å². The van der Waals surface area contributed by atoms with Crippen molar-refractivity contribution in [2.75, 3.05) is 20.4 Å². The Hall–Kier alpha value is -2.53. The number of hydrogen-bond donors (Lipinski definition) is 0. The Labute approximate surface area is 150 Å². The number of nitrogens with zero attached hydrogens (tertiary/aromatic N) is 1. The molecule has 2 aromatic rings. The van der Waals surface area contributed by atoms with Gasteiger partial charge in [0.05, 0.1) is 5.02 Å². The maximum Gasteiger partial charge on any atom is 0.246 e. The van der Waals surface area contributed by atoms with Crippen molar-refractivity contribution in [2.45, 2.75) is 6.42 Å². The SMILES string of the molecule is CN(CCc1ccc(F)cc1)C(=O)C=Cc1cc(Cl)c2c(c1)OCO2. The van der Waals surface area contributed by atoms with Crippen LogP contribution in [0.5, 0.6) is 11.5 Å². The quantitative estimate of drug-likeness (QED) is 0.758. The topological polar surface area (TPSA) is 38.8 Å². The van der Waals surface area contributed by atoms with E-state index in [9.17, 15) is 9.18 Å². The van der Waals surface area contributed by atoms with E-state index >= 15 is 0 Å². The minimum atomic E-state index is -0.265. The third-order valence-electron chi connectivity index (χ3n) is 3.89. The summed E-state index contributed by atoms with van der Waals surface area (Å²) in [5.74, 6) is 0.709. The van der Waals surface area contributed by atoms with Crippen LogP contribution in [-0.4, -0.2) is 31.2 Å². The van der Waals surface area contributed by atoms with E-state index in [4.69, 9.17) is 21.1 Å². The van der Waals surface area contributed by atoms with E-state index < -0.39 is 0 Å². The van der Waals surface area contributed by atoms with Crippen molar-refractivity contribution < 1.29 is 18.7 Å². The fourth-order valence-electron chi connectivity index (χ4n) is 2.44. The second-order valence-corrected chi connectivity index (χ2v) is 6.11. The third-order valence-corrected chi connectivity index (χ3v) is 4.17. The van der Waals surface area contributed by atoms with Crippen LogP contribution in [0.2, 0.25) is 5.02 Å². The largest absolute Gasteiger partial charge is 0.454 e. The molecule has 25 heavy (non-hydrogen) atoms. The molecule has 0 spiro atoms. The molecular formula is C19H17ClFNO3. The van der Waals surface area contributed by atoms with Crippen LogP contribution in [-0.2, 0) is 11.2 Å². The third kappa shape index (κ3) is 4.31. The Kier molecular flexibility index (Phi) is 5.24. The zero-order chi connectivity index (χ0) is 17.8. The number of halogens is 2. The summed E-state index contributed by atoms with van der Waals surface area (Å²) in [6.07, 6.45) is 3.83. The molecule has 3 rings (SSSR count). The summed E-state index contributed by atoms with van der Waals surface area (Å²) in [7, 11) is 1.73. The molecule has 1 heterocycles. The van der Waals surface area contributed by atoms with Gasteiger partial charge in [0.2, 0.25) is 12.7 Å². The first kappa shape index (κ1) is 17.3. The van der Waals surface area contributed by atoms with Crippen molar-refractivity contribution in [3.8, 4) is 11.5 Å². The van der Waals surface area contributed by atoms with Gasteiger partial charge in [0.25, 0.3) is 0 Å². The average Bonchev–Trinajstić information content (AvgIpc) is 3.08. The lowest BCUT2D eigenvalue weighted by Gasteiger charge is -2.15. The first-order valence-corrected chi connectivity index (χ1v) is 8.17. The molecule has 0 aliphatic carbocycles. The number of carbonyl (C=O) groups is 1. The van der Waals surface area contributed by atoms with E-state index in [0.717, 1.165) is 11.1 Å². The lowest BCUT2D eigenvalue weighted by Crippen LogP contribution is -2.27. The number of benzene rings is 2. The summed E-state index contributed by atoms with van der Waals surface area (Å²) in [5.41, 5.74) is 1.74. The molecule has 1 aliphatic rings. The highest BCUT2D eigenvalue weighted by atomic mass is 35.5. The van der Waals surface area contributed by atoms with Gasteiger partial charge in [-0.1, -0.05) is 23.7 Å². The van der Waals surface area contributed by atoms with Crippen LogP contribution in [0, 0.1) is 5.82 Å². The fraction of sp³-hybridized carbons (Fsp3) is 0.211. The molecule has 0 saturated heterocycles. The van der Waals surface area contributed by atoms with Crippen LogP contribution >= 0.6 is 11.6 Å². The number of likely N-dealkylation sites (N-methyl/N-ethyl adjacent to an activating group) is 1. The lowest BCUT2D eigenvalue weighted by molar-refractivity contribution is -0.124. The monoisotopic (exact) mass is 361 g/mol. The molecule has 130 valence electrons. The summed E-state index contributed by atoms with van der Waals surface area (Å²) in [6, 6.07) is 9.77. The maximum absolute atomic E-state index is 12.9. The molecular weight excluding hydrogens is 345 g/mol. The highest BCUT2D eigenvalue weighted by molar-refractivity contribution is 6.32. The molecule has 6 heteroatoms. The van der Waals surface area contributed by atoms with Gasteiger partial charge in [-0.05, 0) is 47.9 Å². The van der Waals surface area contributed by atoms with Crippen LogP contribution in [0.15, 0.2) is 42.5 Å². The summed E-state index contributed by atoms with van der Waals surface area (Å²) in [6.45, 7) is 0.684. The Bertz CT molecular complexity index is 805. The first-order chi connectivity index (χ1) is 12.0. The van der Waals surface area contributed by atoms with Gasteiger partial charge < -0.3 is 14.4 Å². The van der Waals surface area contributed by atoms with Gasteiger partial charge in [-0.25, -0.2) is 4.39 Å². The molecule has 0 unspecified atom stereocenters. The standard InChI is InChI=1S/C19H17ClFNO3/c1-22(9-8-13-2-5-15(21)6-3-13)18(23)7-4-14-10-16(20)19-17(11-14)24-12-25-19/h2-7,10-11H,8-9,12H2,1H3. The summed E-state index contributed by atoms with van der Waals surface area (Å²) < 4.78 is 23.4. The van der Waals surface area contributed by atoms with Gasteiger partial charge in [0.15, 0.2) is 11.5 Å². The lowest BCUT2D eigenvalue weighted by atomic mass is 10.1. The number of ether oxygens (including phenoxy) is 2. The molecule has 0 radical (unpaired) electrons. The number of amides is 1. The van der Waals surface area contributed by atoms with Crippen LogP contribution in [0.3, 0.4) is 0 Å². The zero-order valence-electron chi connectivity index (χ0n) is 13.7. The smallest absolute Gasteiger partial charge is 0.246 e. The van der Waals surface area contributed by atoms with Gasteiger partial charge in [-0.15, -0.1) is 0 Å². The number of carbonyl (C=O) groups excluding carboxylic acids is 1. The van der Waals surface area contributed by atoms with E-state index in [0.29, 0.717) is 29.5 Å². The van der Waals surface area contributed by atoms with Crippen molar-refractivity contribution in [3.63, 3.8) is 0 Å². The molecule has 1 amide bonds. The van der Waals surface area contributed by atoms with Crippen LogP contribution in [0.25, 0.3) is 6.08 Å². The van der Waals surface area contributed by atoms with Crippen molar-refractivity contribution in [1.29, 1.82) is 0 Å². The summed E-state index contributed by atoms with van der Waals surface area (Å²) in [5, 5.41) is 0.451. The molecule has 0 fully saturated rings. The summed E-state index contributed by atoms with van der Waals surface area (Å²) in [4.78, 5) is 13.8. The van der Waals surface area contributed by atoms with Crippen molar-refractivity contribution in [1.82, 2.24) is 4.90 Å². The molecule has 1 aliphatic heterocycles.